The lowest BCUT2D eigenvalue weighted by Gasteiger charge is -2.20. The summed E-state index contributed by atoms with van der Waals surface area (Å²) in [5, 5.41) is 11.5. The number of hydrogen-bond acceptors (Lipinski definition) is 4. The molecule has 1 aromatic rings. The fourth-order valence-corrected chi connectivity index (χ4v) is 3.28. The van der Waals surface area contributed by atoms with Gasteiger partial charge >= 0.3 is 0 Å². The third-order valence-corrected chi connectivity index (χ3v) is 4.44. The second kappa shape index (κ2) is 5.84. The number of nitrogens with two attached hydrogens (primary N) is 1. The van der Waals surface area contributed by atoms with E-state index in [0.29, 0.717) is 18.3 Å². The zero-order valence-corrected chi connectivity index (χ0v) is 11.9. The highest BCUT2D eigenvalue weighted by molar-refractivity contribution is 9.11. The molecular formula is C11H16BrN3OS. The van der Waals surface area contributed by atoms with Gasteiger partial charge in [0.15, 0.2) is 0 Å². The molecule has 0 aromatic carbocycles. The van der Waals surface area contributed by atoms with Crippen molar-refractivity contribution in [2.45, 2.75) is 31.8 Å². The Morgan fingerprint density at radius 3 is 2.88 bits per heavy atom. The Balaban J connectivity index is 1.89. The molecule has 0 saturated heterocycles. The van der Waals surface area contributed by atoms with Gasteiger partial charge in [-0.1, -0.05) is 5.16 Å². The van der Waals surface area contributed by atoms with Crippen LogP contribution >= 0.6 is 27.3 Å². The van der Waals surface area contributed by atoms with E-state index in [0.717, 1.165) is 13.1 Å². The monoisotopic (exact) mass is 317 g/mol. The van der Waals surface area contributed by atoms with Crippen molar-refractivity contribution in [2.24, 2.45) is 10.9 Å². The number of nitrogens with zero attached hydrogens (tertiary/aromatic N) is 2. The first-order chi connectivity index (χ1) is 8.19. The first kappa shape index (κ1) is 12.9. The molecule has 3 N–H and O–H groups in total. The summed E-state index contributed by atoms with van der Waals surface area (Å²) in [7, 11) is 0. The topological polar surface area (TPSA) is 61.8 Å². The second-order valence-electron chi connectivity index (χ2n) is 4.25. The molecule has 17 heavy (non-hydrogen) atoms. The molecule has 1 saturated carbocycles. The normalized spacial score (nSPS) is 16.7. The first-order valence-electron chi connectivity index (χ1n) is 5.63. The van der Waals surface area contributed by atoms with Crippen LogP contribution in [0.25, 0.3) is 0 Å². The van der Waals surface area contributed by atoms with Crippen molar-refractivity contribution in [3.05, 3.63) is 20.8 Å². The minimum absolute atomic E-state index is 0.308. The maximum atomic E-state index is 8.54. The lowest BCUT2D eigenvalue weighted by molar-refractivity contribution is 0.262. The number of amidine groups is 1. The van der Waals surface area contributed by atoms with Crippen molar-refractivity contribution in [1.29, 1.82) is 0 Å². The van der Waals surface area contributed by atoms with E-state index in [1.54, 1.807) is 11.3 Å². The molecule has 1 fully saturated rings. The van der Waals surface area contributed by atoms with Gasteiger partial charge in [0.2, 0.25) is 0 Å². The molecule has 1 aliphatic carbocycles. The van der Waals surface area contributed by atoms with Crippen molar-refractivity contribution in [1.82, 2.24) is 4.90 Å². The van der Waals surface area contributed by atoms with Crippen LogP contribution in [0.4, 0.5) is 0 Å². The van der Waals surface area contributed by atoms with Gasteiger partial charge < -0.3 is 10.9 Å². The first-order valence-corrected chi connectivity index (χ1v) is 7.24. The van der Waals surface area contributed by atoms with Crippen molar-refractivity contribution < 1.29 is 5.21 Å². The van der Waals surface area contributed by atoms with Crippen LogP contribution in [0.1, 0.15) is 24.1 Å². The van der Waals surface area contributed by atoms with E-state index in [1.807, 2.05) is 0 Å². The highest BCUT2D eigenvalue weighted by Gasteiger charge is 2.28. The minimum Gasteiger partial charge on any atom is -0.409 e. The molecule has 0 amide bonds. The van der Waals surface area contributed by atoms with Crippen LogP contribution in [-0.4, -0.2) is 28.5 Å². The summed E-state index contributed by atoms with van der Waals surface area (Å²) in [4.78, 5) is 3.76. The maximum absolute atomic E-state index is 8.54. The summed E-state index contributed by atoms with van der Waals surface area (Å²) in [5.74, 6) is 0.308. The van der Waals surface area contributed by atoms with Crippen LogP contribution in [0.3, 0.4) is 0 Å². The van der Waals surface area contributed by atoms with Crippen LogP contribution in [0.15, 0.2) is 21.1 Å². The van der Waals surface area contributed by atoms with Gasteiger partial charge in [0.05, 0.1) is 3.79 Å². The smallest absolute Gasteiger partial charge is 0.140 e. The van der Waals surface area contributed by atoms with Gasteiger partial charge in [-0.3, -0.25) is 4.90 Å². The van der Waals surface area contributed by atoms with E-state index in [4.69, 9.17) is 10.9 Å². The van der Waals surface area contributed by atoms with Crippen LogP contribution < -0.4 is 5.73 Å². The average molecular weight is 318 g/mol. The third kappa shape index (κ3) is 3.97. The standard InChI is InChI=1S/C11H16BrN3OS/c12-10-4-3-9(17-10)7-15(8-1-2-8)6-5-11(13)14-16/h3-4,8,16H,1-2,5-7H2,(H2,13,14). The lowest BCUT2D eigenvalue weighted by Crippen LogP contribution is -2.29. The quantitative estimate of drug-likeness (QED) is 0.367. The fraction of sp³-hybridized carbons (Fsp3) is 0.545. The van der Waals surface area contributed by atoms with Gasteiger partial charge in [-0.05, 0) is 40.9 Å². The summed E-state index contributed by atoms with van der Waals surface area (Å²) in [6, 6.07) is 4.91. The van der Waals surface area contributed by atoms with Gasteiger partial charge in [-0.15, -0.1) is 11.3 Å². The summed E-state index contributed by atoms with van der Waals surface area (Å²) in [6.07, 6.45) is 3.16. The van der Waals surface area contributed by atoms with Crippen molar-refractivity contribution in [2.75, 3.05) is 6.54 Å². The van der Waals surface area contributed by atoms with E-state index in [1.165, 1.54) is 21.5 Å². The summed E-state index contributed by atoms with van der Waals surface area (Å²) in [5.41, 5.74) is 5.51. The number of hydrogen-bond donors (Lipinski definition) is 2. The van der Waals surface area contributed by atoms with Gasteiger partial charge in [-0.25, -0.2) is 0 Å². The number of thiophene rings is 1. The Kier molecular flexibility index (Phi) is 4.42. The number of rotatable bonds is 6. The molecule has 6 heteroatoms. The molecule has 4 nitrogen and oxygen atoms in total. The molecule has 1 aromatic heterocycles. The molecule has 1 aliphatic rings. The molecular weight excluding hydrogens is 302 g/mol. The molecule has 0 atom stereocenters. The number of halogens is 1. The Hall–Kier alpha value is -0.590. The molecule has 0 radical (unpaired) electrons. The SMILES string of the molecule is N/C(CCN(Cc1ccc(Br)s1)C1CC1)=N/O. The van der Waals surface area contributed by atoms with E-state index in [2.05, 4.69) is 38.1 Å². The minimum atomic E-state index is 0.308. The van der Waals surface area contributed by atoms with Crippen molar-refractivity contribution in [3.8, 4) is 0 Å². The maximum Gasteiger partial charge on any atom is 0.140 e. The van der Waals surface area contributed by atoms with Gasteiger partial charge in [0.1, 0.15) is 5.84 Å². The van der Waals surface area contributed by atoms with Crippen molar-refractivity contribution in [3.63, 3.8) is 0 Å². The summed E-state index contributed by atoms with van der Waals surface area (Å²) in [6.45, 7) is 1.82. The largest absolute Gasteiger partial charge is 0.409 e. The van der Waals surface area contributed by atoms with Gasteiger partial charge in [-0.2, -0.15) is 0 Å². The van der Waals surface area contributed by atoms with Gasteiger partial charge in [0.25, 0.3) is 0 Å². The average Bonchev–Trinajstić information content (AvgIpc) is 3.08. The molecule has 0 aliphatic heterocycles. The lowest BCUT2D eigenvalue weighted by atomic mass is 10.3. The Labute approximate surface area is 113 Å². The third-order valence-electron chi connectivity index (χ3n) is 2.83. The molecule has 94 valence electrons. The summed E-state index contributed by atoms with van der Waals surface area (Å²) >= 11 is 5.24. The van der Waals surface area contributed by atoms with Crippen LogP contribution in [-0.2, 0) is 6.54 Å². The van der Waals surface area contributed by atoms with E-state index < -0.39 is 0 Å². The fourth-order valence-electron chi connectivity index (χ4n) is 1.78. The molecule has 0 spiro atoms. The zero-order valence-electron chi connectivity index (χ0n) is 9.47. The Bertz CT molecular complexity index is 403. The van der Waals surface area contributed by atoms with E-state index >= 15 is 0 Å². The van der Waals surface area contributed by atoms with Crippen LogP contribution in [0.2, 0.25) is 0 Å². The molecule has 0 unspecified atom stereocenters. The van der Waals surface area contributed by atoms with Gasteiger partial charge in [0, 0.05) is 30.4 Å². The van der Waals surface area contributed by atoms with E-state index in [-0.39, 0.29) is 0 Å². The molecule has 1 heterocycles. The Morgan fingerprint density at radius 1 is 1.59 bits per heavy atom. The predicted octanol–water partition coefficient (Wildman–Crippen LogP) is 2.61. The highest BCUT2D eigenvalue weighted by atomic mass is 79.9. The summed E-state index contributed by atoms with van der Waals surface area (Å²) < 4.78 is 1.17. The molecule has 2 rings (SSSR count). The van der Waals surface area contributed by atoms with Crippen molar-refractivity contribution >= 4 is 33.1 Å². The highest BCUT2D eigenvalue weighted by Crippen LogP contribution is 2.30. The zero-order chi connectivity index (χ0) is 12.3. The van der Waals surface area contributed by atoms with Crippen LogP contribution in [0.5, 0.6) is 0 Å². The Morgan fingerprint density at radius 2 is 2.35 bits per heavy atom. The van der Waals surface area contributed by atoms with Crippen LogP contribution in [0, 0.1) is 0 Å². The predicted molar refractivity (Wildman–Crippen MR) is 73.5 cm³/mol. The second-order valence-corrected chi connectivity index (χ2v) is 6.80. The number of oxime groups is 1. The van der Waals surface area contributed by atoms with E-state index in [9.17, 15) is 0 Å². The molecule has 0 bridgehead atoms.